The molecule has 3 aromatic heterocycles. The number of benzene rings is 4. The molecule has 27 heavy (non-hydrogen) atoms. The van der Waals surface area contributed by atoms with Gasteiger partial charge in [-0.2, -0.15) is 0 Å². The molecule has 126 valence electrons. The minimum absolute atomic E-state index is 0.771. The van der Waals surface area contributed by atoms with Crippen LogP contribution in [0.5, 0.6) is 0 Å². The Morgan fingerprint density at radius 3 is 2.22 bits per heavy atom. The van der Waals surface area contributed by atoms with E-state index in [1.807, 2.05) is 17.4 Å². The van der Waals surface area contributed by atoms with Crippen LogP contribution in [0.25, 0.3) is 58.3 Å². The van der Waals surface area contributed by atoms with Gasteiger partial charge in [-0.05, 0) is 35.7 Å². The van der Waals surface area contributed by atoms with Gasteiger partial charge in [0.2, 0.25) is 0 Å². The number of halogens is 1. The maximum atomic E-state index is 6.41. The number of rotatable bonds is 0. The van der Waals surface area contributed by atoms with E-state index in [1.54, 1.807) is 0 Å². The fraction of sp³-hybridized carbons (Fsp3) is 0. The van der Waals surface area contributed by atoms with Crippen LogP contribution in [-0.4, -0.2) is 4.40 Å². The summed E-state index contributed by atoms with van der Waals surface area (Å²) < 4.78 is 5.10. The van der Waals surface area contributed by atoms with Crippen LogP contribution in [0.4, 0.5) is 0 Å². The fourth-order valence-corrected chi connectivity index (χ4v) is 6.09. The lowest BCUT2D eigenvalue weighted by molar-refractivity contribution is 1.36. The van der Waals surface area contributed by atoms with E-state index in [0.29, 0.717) is 0 Å². The molecule has 0 bridgehead atoms. The first-order valence-corrected chi connectivity index (χ1v) is 10.2. The molecule has 3 heterocycles. The second kappa shape index (κ2) is 4.72. The second-order valence-corrected chi connectivity index (χ2v) is 8.65. The highest BCUT2D eigenvalue weighted by Gasteiger charge is 2.18. The van der Waals surface area contributed by atoms with E-state index in [1.165, 1.54) is 58.3 Å². The van der Waals surface area contributed by atoms with Crippen molar-refractivity contribution in [1.29, 1.82) is 0 Å². The van der Waals surface area contributed by atoms with Crippen molar-refractivity contribution in [3.05, 3.63) is 77.8 Å². The van der Waals surface area contributed by atoms with Gasteiger partial charge < -0.3 is 4.40 Å². The van der Waals surface area contributed by atoms with Crippen molar-refractivity contribution < 1.29 is 0 Å². The average Bonchev–Trinajstić information content (AvgIpc) is 3.18. The maximum Gasteiger partial charge on any atom is 0.0619 e. The van der Waals surface area contributed by atoms with Crippen LogP contribution in [0.3, 0.4) is 0 Å². The Balaban J connectivity index is 2.04. The molecule has 0 amide bonds. The molecule has 0 aliphatic carbocycles. The molecule has 0 atom stereocenters. The largest absolute Gasteiger partial charge is 0.308 e. The van der Waals surface area contributed by atoms with Crippen LogP contribution >= 0.6 is 22.9 Å². The first-order valence-electron chi connectivity index (χ1n) is 8.99. The summed E-state index contributed by atoms with van der Waals surface area (Å²) in [5.74, 6) is 0. The Morgan fingerprint density at radius 1 is 0.630 bits per heavy atom. The first-order chi connectivity index (χ1) is 13.3. The van der Waals surface area contributed by atoms with Crippen LogP contribution in [0.2, 0.25) is 5.02 Å². The number of hydrogen-bond donors (Lipinski definition) is 0. The van der Waals surface area contributed by atoms with E-state index < -0.39 is 0 Å². The number of para-hydroxylation sites is 1. The molecule has 0 radical (unpaired) electrons. The molecule has 0 fully saturated rings. The Morgan fingerprint density at radius 2 is 1.33 bits per heavy atom. The highest BCUT2D eigenvalue weighted by molar-refractivity contribution is 7.26. The van der Waals surface area contributed by atoms with Gasteiger partial charge in [-0.25, -0.2) is 0 Å². The predicted molar refractivity (Wildman–Crippen MR) is 119 cm³/mol. The van der Waals surface area contributed by atoms with Gasteiger partial charge in [-0.15, -0.1) is 11.3 Å². The molecule has 0 saturated carbocycles. The summed E-state index contributed by atoms with van der Waals surface area (Å²) in [4.78, 5) is 0. The third kappa shape index (κ3) is 1.62. The number of nitrogens with zero attached hydrogens (tertiary/aromatic N) is 1. The van der Waals surface area contributed by atoms with E-state index in [-0.39, 0.29) is 0 Å². The molecular formula is C24H12ClNS. The van der Waals surface area contributed by atoms with Crippen LogP contribution in [0.1, 0.15) is 0 Å². The zero-order valence-electron chi connectivity index (χ0n) is 14.2. The van der Waals surface area contributed by atoms with Crippen molar-refractivity contribution in [2.24, 2.45) is 0 Å². The third-order valence-electron chi connectivity index (χ3n) is 5.78. The van der Waals surface area contributed by atoms with Crippen LogP contribution in [0, 0.1) is 0 Å². The smallest absolute Gasteiger partial charge is 0.0619 e. The Kier molecular flexibility index (Phi) is 2.49. The molecule has 4 aromatic carbocycles. The normalized spacial score (nSPS) is 12.6. The number of thiophene rings is 1. The molecule has 3 heteroatoms. The summed E-state index contributed by atoms with van der Waals surface area (Å²) in [5, 5.41) is 8.64. The molecule has 7 aromatic rings. The SMILES string of the molecule is Clc1ccc2c3cccc4c5cccc6sc7cccc(c7c65)n(c2c1)c43. The van der Waals surface area contributed by atoms with Gasteiger partial charge in [0.15, 0.2) is 0 Å². The van der Waals surface area contributed by atoms with Crippen LogP contribution in [-0.2, 0) is 0 Å². The van der Waals surface area contributed by atoms with Gasteiger partial charge in [0, 0.05) is 41.4 Å². The molecule has 0 aliphatic rings. The standard InChI is InChI=1S/C24H12ClNS/c25-13-10-11-14-16-5-1-6-17-15-4-2-8-20-22(15)23-18(7-3-9-21(23)27-20)26(24(16)17)19(14)12-13/h1-12H. The van der Waals surface area contributed by atoms with Crippen molar-refractivity contribution >= 4 is 81.2 Å². The lowest BCUT2D eigenvalue weighted by Gasteiger charge is -2.01. The molecule has 7 rings (SSSR count). The van der Waals surface area contributed by atoms with Gasteiger partial charge in [0.05, 0.1) is 16.6 Å². The second-order valence-electron chi connectivity index (χ2n) is 7.13. The van der Waals surface area contributed by atoms with Gasteiger partial charge in [-0.1, -0.05) is 54.1 Å². The molecular weight excluding hydrogens is 370 g/mol. The zero-order chi connectivity index (χ0) is 17.7. The van der Waals surface area contributed by atoms with E-state index in [4.69, 9.17) is 11.6 Å². The Hall–Kier alpha value is -2.81. The van der Waals surface area contributed by atoms with E-state index in [2.05, 4.69) is 71.1 Å². The number of aromatic nitrogens is 1. The van der Waals surface area contributed by atoms with Crippen LogP contribution < -0.4 is 0 Å². The minimum atomic E-state index is 0.771. The monoisotopic (exact) mass is 381 g/mol. The lowest BCUT2D eigenvalue weighted by Crippen LogP contribution is -1.84. The van der Waals surface area contributed by atoms with Gasteiger partial charge in [0.1, 0.15) is 0 Å². The van der Waals surface area contributed by atoms with Gasteiger partial charge in [-0.3, -0.25) is 0 Å². The summed E-state index contributed by atoms with van der Waals surface area (Å²) in [6, 6.07) is 26.2. The van der Waals surface area contributed by atoms with Crippen molar-refractivity contribution in [3.63, 3.8) is 0 Å². The molecule has 0 saturated heterocycles. The summed E-state index contributed by atoms with van der Waals surface area (Å²) in [7, 11) is 0. The summed E-state index contributed by atoms with van der Waals surface area (Å²) in [5.41, 5.74) is 3.69. The summed E-state index contributed by atoms with van der Waals surface area (Å²) in [6.45, 7) is 0. The van der Waals surface area contributed by atoms with Crippen molar-refractivity contribution in [3.8, 4) is 0 Å². The van der Waals surface area contributed by atoms with E-state index in [0.717, 1.165) is 5.02 Å². The lowest BCUT2D eigenvalue weighted by atomic mass is 10.0. The molecule has 0 unspecified atom stereocenters. The highest BCUT2D eigenvalue weighted by atomic mass is 35.5. The minimum Gasteiger partial charge on any atom is -0.308 e. The predicted octanol–water partition coefficient (Wildman–Crippen LogP) is 7.86. The molecule has 1 nitrogen and oxygen atoms in total. The summed E-state index contributed by atoms with van der Waals surface area (Å²) >= 11 is 8.29. The quantitative estimate of drug-likeness (QED) is 0.252. The first kappa shape index (κ1) is 14.3. The van der Waals surface area contributed by atoms with Gasteiger partial charge >= 0.3 is 0 Å². The molecule has 0 aliphatic heterocycles. The highest BCUT2D eigenvalue weighted by Crippen LogP contribution is 2.44. The van der Waals surface area contributed by atoms with Crippen molar-refractivity contribution in [1.82, 2.24) is 4.40 Å². The van der Waals surface area contributed by atoms with Crippen LogP contribution in [0.15, 0.2) is 72.8 Å². The Labute approximate surface area is 163 Å². The van der Waals surface area contributed by atoms with Crippen molar-refractivity contribution in [2.45, 2.75) is 0 Å². The van der Waals surface area contributed by atoms with Crippen molar-refractivity contribution in [2.75, 3.05) is 0 Å². The summed E-state index contributed by atoms with van der Waals surface area (Å²) in [6.07, 6.45) is 0. The zero-order valence-corrected chi connectivity index (χ0v) is 15.7. The van der Waals surface area contributed by atoms with Gasteiger partial charge in [0.25, 0.3) is 0 Å². The third-order valence-corrected chi connectivity index (χ3v) is 7.14. The van der Waals surface area contributed by atoms with E-state index >= 15 is 0 Å². The maximum absolute atomic E-state index is 6.41. The van der Waals surface area contributed by atoms with E-state index in [9.17, 15) is 0 Å². The average molecular weight is 382 g/mol. The molecule has 0 N–H and O–H groups in total. The fourth-order valence-electron chi connectivity index (χ4n) is 4.77. The number of fused-ring (bicyclic) bond motifs is 5. The topological polar surface area (TPSA) is 4.41 Å². The number of hydrogen-bond acceptors (Lipinski definition) is 1. The Bertz CT molecular complexity index is 1690. The molecule has 0 spiro atoms.